The molecule has 1 atom stereocenters. The van der Waals surface area contributed by atoms with Gasteiger partial charge in [0.25, 0.3) is 0 Å². The van der Waals surface area contributed by atoms with Gasteiger partial charge in [0, 0.05) is 41.8 Å². The van der Waals surface area contributed by atoms with Crippen LogP contribution in [-0.2, 0) is 13.2 Å². The van der Waals surface area contributed by atoms with Gasteiger partial charge in [0.1, 0.15) is 6.61 Å². The summed E-state index contributed by atoms with van der Waals surface area (Å²) in [6.07, 6.45) is -0.331. The Hall–Kier alpha value is -0.920. The lowest BCUT2D eigenvalue weighted by atomic mass is 10.2. The molecule has 0 heterocycles. The first-order valence-electron chi connectivity index (χ1n) is 8.83. The van der Waals surface area contributed by atoms with Gasteiger partial charge in [-0.15, -0.1) is 24.8 Å². The summed E-state index contributed by atoms with van der Waals surface area (Å²) in [7, 11) is 1.61. The summed E-state index contributed by atoms with van der Waals surface area (Å²) in [6.45, 7) is 4.93. The average Bonchev–Trinajstić information content (AvgIpc) is 2.64. The van der Waals surface area contributed by atoms with Crippen molar-refractivity contribution in [1.29, 1.82) is 0 Å². The van der Waals surface area contributed by atoms with Gasteiger partial charge in [-0.05, 0) is 36.8 Å². The second-order valence-corrected chi connectivity index (χ2v) is 7.02. The topological polar surface area (TPSA) is 62.8 Å². The second-order valence-electron chi connectivity index (χ2n) is 6.20. The SMILES string of the molecule is COc1cc(CNCCNCC(C)O)ccc1OCc1c(Cl)cccc1Cl.Cl.Cl. The molecule has 1 unspecified atom stereocenters. The molecule has 0 radical (unpaired) electrons. The van der Waals surface area contributed by atoms with Crippen molar-refractivity contribution in [2.24, 2.45) is 0 Å². The monoisotopic (exact) mass is 484 g/mol. The van der Waals surface area contributed by atoms with Gasteiger partial charge in [-0.25, -0.2) is 0 Å². The van der Waals surface area contributed by atoms with E-state index in [1.54, 1.807) is 32.2 Å². The van der Waals surface area contributed by atoms with Crippen molar-refractivity contribution in [2.75, 3.05) is 26.7 Å². The highest BCUT2D eigenvalue weighted by atomic mass is 35.5. The fourth-order valence-electron chi connectivity index (χ4n) is 2.48. The normalized spacial score (nSPS) is 11.2. The molecule has 0 aliphatic heterocycles. The maximum Gasteiger partial charge on any atom is 0.161 e. The van der Waals surface area contributed by atoms with Gasteiger partial charge in [0.2, 0.25) is 0 Å². The molecule has 9 heteroatoms. The summed E-state index contributed by atoms with van der Waals surface area (Å²) in [5, 5.41) is 16.9. The van der Waals surface area contributed by atoms with Gasteiger partial charge in [-0.2, -0.15) is 0 Å². The molecule has 2 rings (SSSR count). The maximum absolute atomic E-state index is 9.19. The van der Waals surface area contributed by atoms with Gasteiger partial charge in [-0.3, -0.25) is 0 Å². The third-order valence-electron chi connectivity index (χ3n) is 3.91. The molecule has 3 N–H and O–H groups in total. The third kappa shape index (κ3) is 9.62. The molecule has 0 bridgehead atoms. The molecule has 2 aromatic rings. The van der Waals surface area contributed by atoms with Crippen molar-refractivity contribution in [3.63, 3.8) is 0 Å². The lowest BCUT2D eigenvalue weighted by Crippen LogP contribution is -2.31. The van der Waals surface area contributed by atoms with Crippen LogP contribution in [0.2, 0.25) is 10.0 Å². The maximum atomic E-state index is 9.19. The van der Waals surface area contributed by atoms with E-state index in [0.29, 0.717) is 34.6 Å². The van der Waals surface area contributed by atoms with E-state index in [4.69, 9.17) is 32.7 Å². The fraction of sp³-hybridized carbons (Fsp3) is 0.400. The Bertz CT molecular complexity index is 713. The number of nitrogens with one attached hydrogen (secondary N) is 2. The van der Waals surface area contributed by atoms with Gasteiger partial charge >= 0.3 is 0 Å². The van der Waals surface area contributed by atoms with E-state index < -0.39 is 0 Å². The summed E-state index contributed by atoms with van der Waals surface area (Å²) < 4.78 is 11.3. The highest BCUT2D eigenvalue weighted by Crippen LogP contribution is 2.31. The molecule has 2 aromatic carbocycles. The molecule has 0 aliphatic rings. The van der Waals surface area contributed by atoms with Crippen LogP contribution in [-0.4, -0.2) is 38.0 Å². The lowest BCUT2D eigenvalue weighted by Gasteiger charge is -2.14. The minimum Gasteiger partial charge on any atom is -0.493 e. The first kappa shape index (κ1) is 28.1. The Morgan fingerprint density at radius 3 is 2.28 bits per heavy atom. The van der Waals surface area contributed by atoms with Crippen molar-refractivity contribution < 1.29 is 14.6 Å². The predicted octanol–water partition coefficient (Wildman–Crippen LogP) is 4.48. The van der Waals surface area contributed by atoms with Crippen LogP contribution in [0.1, 0.15) is 18.1 Å². The standard InChI is InChI=1S/C20H26Cl2N2O3.2ClH/c1-14(25)11-23-8-9-24-12-15-6-7-19(20(10-15)26-2)27-13-16-17(21)4-3-5-18(16)22;;/h3-7,10,14,23-25H,8-9,11-13H2,1-2H3;2*1H. The van der Waals surface area contributed by atoms with E-state index in [0.717, 1.165) is 24.2 Å². The molecule has 0 saturated heterocycles. The largest absolute Gasteiger partial charge is 0.493 e. The van der Waals surface area contributed by atoms with Crippen molar-refractivity contribution in [2.45, 2.75) is 26.2 Å². The van der Waals surface area contributed by atoms with Crippen LogP contribution in [0.5, 0.6) is 11.5 Å². The highest BCUT2D eigenvalue weighted by molar-refractivity contribution is 6.35. The van der Waals surface area contributed by atoms with Crippen molar-refractivity contribution >= 4 is 48.0 Å². The Morgan fingerprint density at radius 1 is 1.00 bits per heavy atom. The molecule has 0 fully saturated rings. The molecule has 29 heavy (non-hydrogen) atoms. The first-order chi connectivity index (χ1) is 13.0. The Kier molecular flexibility index (Phi) is 14.5. The Morgan fingerprint density at radius 2 is 1.66 bits per heavy atom. The third-order valence-corrected chi connectivity index (χ3v) is 4.62. The zero-order chi connectivity index (χ0) is 19.6. The molecule has 164 valence electrons. The zero-order valence-electron chi connectivity index (χ0n) is 16.4. The minimum atomic E-state index is -0.331. The number of halogens is 4. The summed E-state index contributed by atoms with van der Waals surface area (Å²) in [6, 6.07) is 11.2. The van der Waals surface area contributed by atoms with E-state index >= 15 is 0 Å². The minimum absolute atomic E-state index is 0. The first-order valence-corrected chi connectivity index (χ1v) is 9.59. The quantitative estimate of drug-likeness (QED) is 0.409. The van der Waals surface area contributed by atoms with Crippen molar-refractivity contribution in [1.82, 2.24) is 10.6 Å². The summed E-state index contributed by atoms with van der Waals surface area (Å²) in [5.74, 6) is 1.29. The van der Waals surface area contributed by atoms with E-state index in [2.05, 4.69) is 10.6 Å². The summed E-state index contributed by atoms with van der Waals surface area (Å²) >= 11 is 12.4. The van der Waals surface area contributed by atoms with Crippen molar-refractivity contribution in [3.8, 4) is 11.5 Å². The zero-order valence-corrected chi connectivity index (χ0v) is 19.6. The number of hydrogen-bond acceptors (Lipinski definition) is 5. The van der Waals surface area contributed by atoms with Crippen LogP contribution in [0.15, 0.2) is 36.4 Å². The molecule has 5 nitrogen and oxygen atoms in total. The average molecular weight is 486 g/mol. The molecular weight excluding hydrogens is 458 g/mol. The Balaban J connectivity index is 0.00000392. The van der Waals surface area contributed by atoms with E-state index in [-0.39, 0.29) is 37.5 Å². The number of ether oxygens (including phenoxy) is 2. The number of aliphatic hydroxyl groups is 1. The Labute approximate surface area is 194 Å². The van der Waals surface area contributed by atoms with Crippen LogP contribution in [0, 0.1) is 0 Å². The number of rotatable bonds is 11. The number of methoxy groups -OCH3 is 1. The second kappa shape index (κ2) is 15.0. The number of aliphatic hydroxyl groups excluding tert-OH is 1. The van der Waals surface area contributed by atoms with Gasteiger partial charge in [-0.1, -0.05) is 35.3 Å². The van der Waals surface area contributed by atoms with E-state index in [1.165, 1.54) is 0 Å². The molecular formula is C20H28Cl4N2O3. The van der Waals surface area contributed by atoms with Gasteiger partial charge < -0.3 is 25.2 Å². The van der Waals surface area contributed by atoms with Gasteiger partial charge in [0.15, 0.2) is 11.5 Å². The molecule has 0 aliphatic carbocycles. The van der Waals surface area contributed by atoms with Crippen molar-refractivity contribution in [3.05, 3.63) is 57.6 Å². The smallest absolute Gasteiger partial charge is 0.161 e. The molecule has 0 saturated carbocycles. The molecule has 0 aromatic heterocycles. The van der Waals surface area contributed by atoms with Crippen LogP contribution < -0.4 is 20.1 Å². The van der Waals surface area contributed by atoms with Crippen LogP contribution in [0.3, 0.4) is 0 Å². The van der Waals surface area contributed by atoms with Crippen LogP contribution in [0.25, 0.3) is 0 Å². The lowest BCUT2D eigenvalue weighted by molar-refractivity contribution is 0.191. The molecule has 0 amide bonds. The van der Waals surface area contributed by atoms with Crippen LogP contribution >= 0.6 is 48.0 Å². The van der Waals surface area contributed by atoms with Crippen LogP contribution in [0.4, 0.5) is 0 Å². The summed E-state index contributed by atoms with van der Waals surface area (Å²) in [4.78, 5) is 0. The predicted molar refractivity (Wildman–Crippen MR) is 125 cm³/mol. The number of hydrogen-bond donors (Lipinski definition) is 3. The highest BCUT2D eigenvalue weighted by Gasteiger charge is 2.10. The fourth-order valence-corrected chi connectivity index (χ4v) is 2.99. The number of benzene rings is 2. The van der Waals surface area contributed by atoms with E-state index in [9.17, 15) is 5.11 Å². The van der Waals surface area contributed by atoms with Gasteiger partial charge in [0.05, 0.1) is 13.2 Å². The summed E-state index contributed by atoms with van der Waals surface area (Å²) in [5.41, 5.74) is 1.84. The van der Waals surface area contributed by atoms with E-state index in [1.807, 2.05) is 18.2 Å². The molecule has 0 spiro atoms.